The van der Waals surface area contributed by atoms with E-state index in [0.29, 0.717) is 61.2 Å². The number of carbonyl (C=O) groups is 1. The summed E-state index contributed by atoms with van der Waals surface area (Å²) < 4.78 is 20.8. The van der Waals surface area contributed by atoms with Crippen LogP contribution in [0.1, 0.15) is 82.3 Å². The number of aliphatic imine (C=N–C) groups is 1. The number of methoxy groups -OCH3 is 1. The highest BCUT2D eigenvalue weighted by molar-refractivity contribution is 6.35. The van der Waals surface area contributed by atoms with Gasteiger partial charge in [0.1, 0.15) is 16.7 Å². The van der Waals surface area contributed by atoms with E-state index in [1.54, 1.807) is 36.4 Å². The minimum Gasteiger partial charge on any atom is -0.496 e. The average molecular weight is 1120 g/mol. The number of nitrogens with one attached hydrogen (secondary N) is 3. The number of hydrogen-bond acceptors (Lipinski definition) is 12. The second kappa shape index (κ2) is 28.6. The number of anilines is 2. The van der Waals surface area contributed by atoms with E-state index < -0.39 is 0 Å². The molecule has 1 aliphatic heterocycles. The zero-order valence-electron chi connectivity index (χ0n) is 47.1. The van der Waals surface area contributed by atoms with E-state index >= 15 is 0 Å². The minimum absolute atomic E-state index is 0.121. The number of carbonyl (C=O) groups excluding carboxylic acids is 1. The first-order chi connectivity index (χ1) is 40.1. The fourth-order valence-electron chi connectivity index (χ4n) is 9.78. The highest BCUT2D eigenvalue weighted by Crippen LogP contribution is 2.31. The largest absolute Gasteiger partial charge is 0.496 e. The molecule has 11 rings (SSSR count). The number of fused-ring (bicyclic) bond motifs is 3. The number of pyridine rings is 1. The summed E-state index contributed by atoms with van der Waals surface area (Å²) in [4.78, 5) is 29.8. The van der Waals surface area contributed by atoms with Gasteiger partial charge in [-0.2, -0.15) is 10.2 Å². The third-order valence-corrected chi connectivity index (χ3v) is 14.6. The van der Waals surface area contributed by atoms with Crippen molar-refractivity contribution in [1.29, 1.82) is 0 Å². The Kier molecular flexibility index (Phi) is 20.2. The summed E-state index contributed by atoms with van der Waals surface area (Å²) in [5.41, 5.74) is 9.93. The Labute approximate surface area is 484 Å². The maximum atomic E-state index is 12.1. The molecule has 15 nitrogen and oxygen atoms in total. The lowest BCUT2D eigenvalue weighted by Gasteiger charge is -2.23. The Hall–Kier alpha value is -8.76. The summed E-state index contributed by atoms with van der Waals surface area (Å²) >= 11 is 6.34. The van der Waals surface area contributed by atoms with Gasteiger partial charge in [-0.3, -0.25) is 14.5 Å². The summed E-state index contributed by atoms with van der Waals surface area (Å²) in [5.74, 6) is 3.24. The molecule has 1 amide bonds. The molecule has 82 heavy (non-hydrogen) atoms. The van der Waals surface area contributed by atoms with Crippen LogP contribution in [-0.4, -0.2) is 86.2 Å². The topological polar surface area (TPSA) is 168 Å². The highest BCUT2D eigenvalue weighted by Gasteiger charge is 2.30. The van der Waals surface area contributed by atoms with Gasteiger partial charge in [-0.05, 0) is 58.9 Å². The van der Waals surface area contributed by atoms with E-state index in [1.807, 2.05) is 104 Å². The molecule has 6 aromatic carbocycles. The lowest BCUT2D eigenvalue weighted by molar-refractivity contribution is 0.0983. The molecule has 2 atom stereocenters. The molecule has 1 aliphatic rings. The number of ether oxygens (including phenoxy) is 3. The number of hydrogen-bond donors (Lipinski definition) is 3. The number of aromatic nitrogens is 7. The molecule has 4 aromatic heterocycles. The lowest BCUT2D eigenvalue weighted by atomic mass is 9.85. The van der Waals surface area contributed by atoms with Gasteiger partial charge in [0.05, 0.1) is 48.9 Å². The van der Waals surface area contributed by atoms with E-state index in [0.717, 1.165) is 65.2 Å². The van der Waals surface area contributed by atoms with Crippen LogP contribution in [0.2, 0.25) is 5.15 Å². The first-order valence-electron chi connectivity index (χ1n) is 27.6. The number of amides is 1. The van der Waals surface area contributed by atoms with Crippen molar-refractivity contribution < 1.29 is 19.0 Å². The molecular weight excluding hydrogens is 1050 g/mol. The van der Waals surface area contributed by atoms with Crippen molar-refractivity contribution in [3.8, 4) is 5.75 Å². The fourth-order valence-corrected chi connectivity index (χ4v) is 10.0. The molecule has 0 fully saturated rings. The Bertz CT molecular complexity index is 3640. The predicted octanol–water partition coefficient (Wildman–Crippen LogP) is 12.8. The molecule has 0 bridgehead atoms. The number of rotatable bonds is 22. The van der Waals surface area contributed by atoms with Crippen LogP contribution in [0.3, 0.4) is 0 Å². The third kappa shape index (κ3) is 15.2. The van der Waals surface area contributed by atoms with Gasteiger partial charge < -0.3 is 30.2 Å². The zero-order chi connectivity index (χ0) is 57.1. The highest BCUT2D eigenvalue weighted by atomic mass is 35.5. The Balaban J connectivity index is 0.000000150. The van der Waals surface area contributed by atoms with Crippen LogP contribution in [0.15, 0.2) is 200 Å². The molecule has 0 saturated carbocycles. The summed E-state index contributed by atoms with van der Waals surface area (Å²) in [6.07, 6.45) is 6.90. The van der Waals surface area contributed by atoms with Crippen molar-refractivity contribution in [3.05, 3.63) is 239 Å². The van der Waals surface area contributed by atoms with E-state index in [-0.39, 0.29) is 17.2 Å². The standard InChI is InChI=1S/C24H25ClN4O.C23H25N5O.C19H20N2O2/c1-29-21-12-14-26-23(25)22(21)24(28-29)27-16-20(19-10-6-3-7-11-19)13-15-30-17-18-8-4-2-5-9-18;1-28-23-21(24-13-14-25-23)22(27-28)26-16-20(19-10-6-3-7-11-19)12-15-29-17-18-8-4-2-5-9-18;1-19(2,13-8-5-4-6-9-13)12-20-17-16-14(18(22)21-17)10-7-11-15(16)23-3/h2-12,14,20H,13,15-17H2,1H3,(H,27,28);2-11,13-14,20H,12,15-17H2,1H3,(H,26,27);4-11H,12H2,1-3H3,(H,20,21,22). The molecule has 2 unspecified atom stereocenters. The van der Waals surface area contributed by atoms with Gasteiger partial charge in [0.2, 0.25) is 0 Å². The van der Waals surface area contributed by atoms with Crippen molar-refractivity contribution in [3.63, 3.8) is 0 Å². The van der Waals surface area contributed by atoms with E-state index in [4.69, 9.17) is 25.8 Å². The first-order valence-corrected chi connectivity index (χ1v) is 27.9. The Morgan fingerprint density at radius 2 is 1.16 bits per heavy atom. The molecule has 0 radical (unpaired) electrons. The zero-order valence-corrected chi connectivity index (χ0v) is 47.8. The van der Waals surface area contributed by atoms with Crippen LogP contribution < -0.4 is 20.7 Å². The van der Waals surface area contributed by atoms with Crippen molar-refractivity contribution >= 4 is 57.0 Å². The van der Waals surface area contributed by atoms with Gasteiger partial charge in [-0.1, -0.05) is 183 Å². The van der Waals surface area contributed by atoms with Crippen LogP contribution in [-0.2, 0) is 42.2 Å². The third-order valence-electron chi connectivity index (χ3n) is 14.3. The second-order valence-corrected chi connectivity index (χ2v) is 20.9. The van der Waals surface area contributed by atoms with Crippen LogP contribution >= 0.6 is 11.6 Å². The van der Waals surface area contributed by atoms with Gasteiger partial charge in [-0.25, -0.2) is 19.6 Å². The fraction of sp³-hybridized carbons (Fsp3) is 0.258. The number of amidine groups is 1. The number of benzene rings is 6. The molecule has 420 valence electrons. The number of aryl methyl sites for hydroxylation is 2. The van der Waals surface area contributed by atoms with E-state index in [1.165, 1.54) is 27.8 Å². The first kappa shape index (κ1) is 57.9. The monoisotopic (exact) mass is 1120 g/mol. The summed E-state index contributed by atoms with van der Waals surface area (Å²) in [6, 6.07) is 59.2. The quantitative estimate of drug-likeness (QED) is 0.0436. The lowest BCUT2D eigenvalue weighted by Crippen LogP contribution is -2.26. The molecular formula is C66H70ClN11O4. The van der Waals surface area contributed by atoms with Crippen molar-refractivity contribution in [2.75, 3.05) is 50.6 Å². The average Bonchev–Trinajstić information content (AvgIpc) is 4.32. The Morgan fingerprint density at radius 3 is 1.74 bits per heavy atom. The minimum atomic E-state index is -0.129. The molecule has 0 saturated heterocycles. The summed E-state index contributed by atoms with van der Waals surface area (Å²) in [7, 11) is 5.40. The van der Waals surface area contributed by atoms with Gasteiger partial charge in [0.15, 0.2) is 22.8 Å². The van der Waals surface area contributed by atoms with E-state index in [2.05, 4.69) is 145 Å². The van der Waals surface area contributed by atoms with Gasteiger partial charge in [-0.15, -0.1) is 0 Å². The van der Waals surface area contributed by atoms with Gasteiger partial charge in [0.25, 0.3) is 5.91 Å². The summed E-state index contributed by atoms with van der Waals surface area (Å²) in [5, 5.41) is 20.3. The molecule has 10 aromatic rings. The summed E-state index contributed by atoms with van der Waals surface area (Å²) in [6.45, 7) is 8.98. The van der Waals surface area contributed by atoms with Crippen LogP contribution in [0, 0.1) is 0 Å². The van der Waals surface area contributed by atoms with Crippen molar-refractivity contribution in [2.24, 2.45) is 19.1 Å². The smallest absolute Gasteiger partial charge is 0.257 e. The second-order valence-electron chi connectivity index (χ2n) is 20.6. The van der Waals surface area contributed by atoms with Crippen LogP contribution in [0.4, 0.5) is 11.6 Å². The predicted molar refractivity (Wildman–Crippen MR) is 328 cm³/mol. The van der Waals surface area contributed by atoms with Gasteiger partial charge >= 0.3 is 0 Å². The molecule has 0 aliphatic carbocycles. The van der Waals surface area contributed by atoms with Gasteiger partial charge in [0, 0.05) is 76.2 Å². The number of halogens is 1. The maximum Gasteiger partial charge on any atom is 0.257 e. The maximum absolute atomic E-state index is 12.1. The SMILES string of the molecule is COc1cccc2c1C(=NCC(C)(C)c1ccccc1)NC2=O.Cn1nc(NCC(CCOCc2ccccc2)c2ccccc2)c2c(Cl)nccc21.Cn1nc(NCC(CCOCc2ccccc2)c2ccccc2)c2nccnc21. The van der Waals surface area contributed by atoms with Crippen molar-refractivity contribution in [1.82, 2.24) is 39.8 Å². The van der Waals surface area contributed by atoms with Crippen molar-refractivity contribution in [2.45, 2.75) is 57.2 Å². The normalized spacial score (nSPS) is 13.1. The van der Waals surface area contributed by atoms with Crippen LogP contribution in [0.25, 0.3) is 22.1 Å². The molecule has 5 heterocycles. The molecule has 3 N–H and O–H groups in total. The molecule has 0 spiro atoms. The van der Waals surface area contributed by atoms with Crippen LogP contribution in [0.5, 0.6) is 5.75 Å². The molecule has 16 heteroatoms. The number of nitrogens with zero attached hydrogens (tertiary/aromatic N) is 8. The van der Waals surface area contributed by atoms with E-state index in [9.17, 15) is 4.79 Å². The Morgan fingerprint density at radius 1 is 0.622 bits per heavy atom.